The van der Waals surface area contributed by atoms with E-state index in [1.54, 1.807) is 26.0 Å². The molecule has 0 unspecified atom stereocenters. The van der Waals surface area contributed by atoms with Crippen molar-refractivity contribution in [1.29, 1.82) is 0 Å². The van der Waals surface area contributed by atoms with Crippen molar-refractivity contribution in [2.75, 3.05) is 17.6 Å². The number of phenolic OH excluding ortho intramolecular Hbond substituents is 1. The predicted molar refractivity (Wildman–Crippen MR) is 96.8 cm³/mol. The van der Waals surface area contributed by atoms with Crippen molar-refractivity contribution in [2.24, 2.45) is 5.92 Å². The number of rotatable bonds is 9. The van der Waals surface area contributed by atoms with Gasteiger partial charge in [0.05, 0.1) is 6.54 Å². The van der Waals surface area contributed by atoms with Gasteiger partial charge in [-0.1, -0.05) is 13.8 Å². The zero-order valence-electron chi connectivity index (χ0n) is 14.0. The van der Waals surface area contributed by atoms with Crippen molar-refractivity contribution in [1.82, 2.24) is 10.6 Å². The number of nitrogens with one attached hydrogen (secondary N) is 3. The Morgan fingerprint density at radius 3 is 2.20 bits per heavy atom. The predicted octanol–water partition coefficient (Wildman–Crippen LogP) is 0.444. The third-order valence-corrected chi connectivity index (χ3v) is 3.75. The molecule has 0 aliphatic heterocycles. The van der Waals surface area contributed by atoms with E-state index in [4.69, 9.17) is 5.11 Å². The summed E-state index contributed by atoms with van der Waals surface area (Å²) in [4.78, 5) is 35.3. The van der Waals surface area contributed by atoms with Crippen LogP contribution in [0.3, 0.4) is 0 Å². The third kappa shape index (κ3) is 6.92. The number of carboxylic acid groups (broad SMARTS) is 1. The van der Waals surface area contributed by atoms with Crippen molar-refractivity contribution in [2.45, 2.75) is 25.9 Å². The second-order valence-corrected chi connectivity index (χ2v) is 6.14. The summed E-state index contributed by atoms with van der Waals surface area (Å²) in [7, 11) is 0. The first kappa shape index (κ1) is 20.6. The molecule has 9 heteroatoms. The standard InChI is InChI=1S/C16H23N3O5S/c1-9(2)14(16(23)24)19-15(22)12(8-25)18-13(21)7-17-10-3-5-11(20)6-4-10/h3-6,9,12,14,17,20,25H,7-8H2,1-2H3,(H,18,21)(H,19,22)(H,23,24)/t12-,14+/m0/s1. The molecule has 0 aliphatic rings. The van der Waals surface area contributed by atoms with Crippen LogP contribution in [0, 0.1) is 5.92 Å². The molecule has 0 saturated heterocycles. The maximum absolute atomic E-state index is 12.2. The molecule has 0 spiro atoms. The lowest BCUT2D eigenvalue weighted by molar-refractivity contribution is -0.143. The van der Waals surface area contributed by atoms with Gasteiger partial charge in [-0.05, 0) is 30.2 Å². The minimum absolute atomic E-state index is 0.0290. The molecule has 1 aromatic carbocycles. The molecule has 2 atom stereocenters. The molecule has 0 aliphatic carbocycles. The van der Waals surface area contributed by atoms with Gasteiger partial charge < -0.3 is 26.2 Å². The van der Waals surface area contributed by atoms with E-state index in [2.05, 4.69) is 28.6 Å². The Bertz CT molecular complexity index is 606. The second-order valence-electron chi connectivity index (χ2n) is 5.77. The van der Waals surface area contributed by atoms with E-state index >= 15 is 0 Å². The Labute approximate surface area is 151 Å². The Kier molecular flexibility index (Phi) is 8.06. The Morgan fingerprint density at radius 1 is 1.12 bits per heavy atom. The zero-order chi connectivity index (χ0) is 19.0. The lowest BCUT2D eigenvalue weighted by atomic mass is 10.0. The topological polar surface area (TPSA) is 128 Å². The molecule has 0 radical (unpaired) electrons. The normalized spacial score (nSPS) is 13.0. The average molecular weight is 369 g/mol. The smallest absolute Gasteiger partial charge is 0.326 e. The molecule has 5 N–H and O–H groups in total. The zero-order valence-corrected chi connectivity index (χ0v) is 14.9. The van der Waals surface area contributed by atoms with Gasteiger partial charge >= 0.3 is 5.97 Å². The van der Waals surface area contributed by atoms with Crippen LogP contribution in [0.25, 0.3) is 0 Å². The summed E-state index contributed by atoms with van der Waals surface area (Å²) in [5.74, 6) is -2.34. The summed E-state index contributed by atoms with van der Waals surface area (Å²) in [6.07, 6.45) is 0. The average Bonchev–Trinajstić information content (AvgIpc) is 2.56. The number of thiol groups is 1. The number of anilines is 1. The number of carbonyl (C=O) groups excluding carboxylic acids is 2. The molecule has 0 fully saturated rings. The molecular formula is C16H23N3O5S. The molecule has 0 bridgehead atoms. The molecule has 0 aromatic heterocycles. The van der Waals surface area contributed by atoms with E-state index in [1.165, 1.54) is 12.1 Å². The monoisotopic (exact) mass is 369 g/mol. The number of phenols is 1. The van der Waals surface area contributed by atoms with Crippen LogP contribution in [0.4, 0.5) is 5.69 Å². The van der Waals surface area contributed by atoms with Gasteiger partial charge in [-0.15, -0.1) is 0 Å². The molecule has 1 rings (SSSR count). The van der Waals surface area contributed by atoms with Crippen molar-refractivity contribution < 1.29 is 24.6 Å². The molecule has 8 nitrogen and oxygen atoms in total. The van der Waals surface area contributed by atoms with E-state index in [-0.39, 0.29) is 24.0 Å². The minimum atomic E-state index is -1.14. The first-order chi connectivity index (χ1) is 11.7. The summed E-state index contributed by atoms with van der Waals surface area (Å²) < 4.78 is 0. The fourth-order valence-corrected chi connectivity index (χ4v) is 2.23. The fourth-order valence-electron chi connectivity index (χ4n) is 1.97. The molecule has 1 aromatic rings. The number of amides is 2. The Morgan fingerprint density at radius 2 is 1.72 bits per heavy atom. The Balaban J connectivity index is 2.55. The van der Waals surface area contributed by atoms with Gasteiger partial charge in [0.15, 0.2) is 0 Å². The van der Waals surface area contributed by atoms with Crippen molar-refractivity contribution in [3.8, 4) is 5.75 Å². The third-order valence-electron chi connectivity index (χ3n) is 3.39. The SMILES string of the molecule is CC(C)[C@@H](NC(=O)[C@H](CS)NC(=O)CNc1ccc(O)cc1)C(=O)O. The number of benzene rings is 1. The van der Waals surface area contributed by atoms with Crippen LogP contribution in [0.5, 0.6) is 5.75 Å². The first-order valence-electron chi connectivity index (χ1n) is 7.71. The van der Waals surface area contributed by atoms with Crippen molar-refractivity contribution >= 4 is 36.1 Å². The highest BCUT2D eigenvalue weighted by atomic mass is 32.1. The van der Waals surface area contributed by atoms with Crippen LogP contribution in [-0.2, 0) is 14.4 Å². The molecule has 25 heavy (non-hydrogen) atoms. The molecule has 138 valence electrons. The minimum Gasteiger partial charge on any atom is -0.508 e. The largest absolute Gasteiger partial charge is 0.508 e. The number of hydrogen-bond acceptors (Lipinski definition) is 6. The molecule has 0 saturated carbocycles. The van der Waals surface area contributed by atoms with E-state index in [0.717, 1.165) is 0 Å². The van der Waals surface area contributed by atoms with E-state index in [9.17, 15) is 19.5 Å². The highest BCUT2D eigenvalue weighted by Gasteiger charge is 2.27. The van der Waals surface area contributed by atoms with Gasteiger partial charge in [0.1, 0.15) is 17.8 Å². The highest BCUT2D eigenvalue weighted by Crippen LogP contribution is 2.13. The van der Waals surface area contributed by atoms with Crippen LogP contribution in [0.1, 0.15) is 13.8 Å². The number of hydrogen-bond donors (Lipinski definition) is 6. The van der Waals surface area contributed by atoms with Crippen molar-refractivity contribution in [3.63, 3.8) is 0 Å². The maximum Gasteiger partial charge on any atom is 0.326 e. The summed E-state index contributed by atoms with van der Waals surface area (Å²) in [5.41, 5.74) is 0.630. The second kappa shape index (κ2) is 9.77. The Hall–Kier alpha value is -2.42. The molecular weight excluding hydrogens is 346 g/mol. The van der Waals surface area contributed by atoms with Gasteiger partial charge in [-0.25, -0.2) is 4.79 Å². The fraction of sp³-hybridized carbons (Fsp3) is 0.438. The van der Waals surface area contributed by atoms with Crippen LogP contribution < -0.4 is 16.0 Å². The van der Waals surface area contributed by atoms with Crippen LogP contribution in [0.2, 0.25) is 0 Å². The number of aromatic hydroxyl groups is 1. The van der Waals surface area contributed by atoms with E-state index < -0.39 is 29.9 Å². The summed E-state index contributed by atoms with van der Waals surface area (Å²) in [6.45, 7) is 3.26. The van der Waals surface area contributed by atoms with Crippen molar-refractivity contribution in [3.05, 3.63) is 24.3 Å². The summed E-state index contributed by atoms with van der Waals surface area (Å²) in [6, 6.07) is 4.17. The van der Waals surface area contributed by atoms with Crippen LogP contribution in [-0.4, -0.2) is 52.4 Å². The maximum atomic E-state index is 12.2. The van der Waals surface area contributed by atoms with E-state index in [1.807, 2.05) is 0 Å². The quantitative estimate of drug-likeness (QED) is 0.277. The van der Waals surface area contributed by atoms with E-state index in [0.29, 0.717) is 5.69 Å². The lowest BCUT2D eigenvalue weighted by Crippen LogP contribution is -2.54. The van der Waals surface area contributed by atoms with Gasteiger partial charge in [0, 0.05) is 11.4 Å². The van der Waals surface area contributed by atoms with Gasteiger partial charge in [-0.2, -0.15) is 12.6 Å². The van der Waals surface area contributed by atoms with Crippen LogP contribution in [0.15, 0.2) is 24.3 Å². The first-order valence-corrected chi connectivity index (χ1v) is 8.34. The molecule has 2 amide bonds. The number of carbonyl (C=O) groups is 3. The van der Waals surface area contributed by atoms with Gasteiger partial charge in [0.2, 0.25) is 11.8 Å². The number of aliphatic carboxylic acids is 1. The highest BCUT2D eigenvalue weighted by molar-refractivity contribution is 7.80. The summed E-state index contributed by atoms with van der Waals surface area (Å²) in [5, 5.41) is 26.0. The lowest BCUT2D eigenvalue weighted by Gasteiger charge is -2.22. The van der Waals surface area contributed by atoms with Crippen LogP contribution >= 0.6 is 12.6 Å². The molecule has 0 heterocycles. The number of carboxylic acids is 1. The van der Waals surface area contributed by atoms with Gasteiger partial charge in [-0.3, -0.25) is 9.59 Å². The summed E-state index contributed by atoms with van der Waals surface area (Å²) >= 11 is 4.03. The van der Waals surface area contributed by atoms with Gasteiger partial charge in [0.25, 0.3) is 0 Å².